The molecule has 0 saturated heterocycles. The van der Waals surface area contributed by atoms with Crippen molar-refractivity contribution in [2.75, 3.05) is 5.32 Å². The maximum Gasteiger partial charge on any atom is 0.417 e. The van der Waals surface area contributed by atoms with Gasteiger partial charge in [0.05, 0.1) is 16.8 Å². The van der Waals surface area contributed by atoms with E-state index in [1.54, 1.807) is 36.4 Å². The molecule has 0 atom stereocenters. The molecule has 0 bridgehead atoms. The van der Waals surface area contributed by atoms with Crippen LogP contribution in [0.2, 0.25) is 10.0 Å². The monoisotopic (exact) mass is 469 g/mol. The lowest BCUT2D eigenvalue weighted by atomic mass is 10.2. The first-order chi connectivity index (χ1) is 14.6. The molecule has 11 heteroatoms. The third-order valence-corrected chi connectivity index (χ3v) is 4.39. The Morgan fingerprint density at radius 2 is 1.77 bits per heavy atom. The molecule has 1 heterocycles. The number of hydrazone groups is 1. The second kappa shape index (κ2) is 9.23. The van der Waals surface area contributed by atoms with Gasteiger partial charge in [-0.15, -0.1) is 0 Å². The van der Waals surface area contributed by atoms with E-state index in [1.807, 2.05) is 10.7 Å². The molecule has 31 heavy (non-hydrogen) atoms. The molecule has 0 aliphatic carbocycles. The minimum Gasteiger partial charge on any atom is -0.455 e. The number of hydrogen-bond donors (Lipinski definition) is 2. The number of amides is 2. The summed E-state index contributed by atoms with van der Waals surface area (Å²) in [6.45, 7) is 0. The van der Waals surface area contributed by atoms with E-state index in [4.69, 9.17) is 27.6 Å². The second-order valence-electron chi connectivity index (χ2n) is 6.06. The second-order valence-corrected chi connectivity index (χ2v) is 6.90. The van der Waals surface area contributed by atoms with Gasteiger partial charge in [-0.2, -0.15) is 18.3 Å². The lowest BCUT2D eigenvalue weighted by Crippen LogP contribution is -2.32. The van der Waals surface area contributed by atoms with Gasteiger partial charge in [-0.3, -0.25) is 9.59 Å². The average Bonchev–Trinajstić information content (AvgIpc) is 3.17. The van der Waals surface area contributed by atoms with Crippen LogP contribution in [0.1, 0.15) is 11.3 Å². The van der Waals surface area contributed by atoms with Crippen molar-refractivity contribution in [2.24, 2.45) is 5.10 Å². The zero-order valence-corrected chi connectivity index (χ0v) is 16.8. The highest BCUT2D eigenvalue weighted by molar-refractivity contribution is 6.39. The molecule has 0 radical (unpaired) electrons. The first-order valence-corrected chi connectivity index (χ1v) is 9.26. The number of alkyl halides is 3. The lowest BCUT2D eigenvalue weighted by Gasteiger charge is -2.11. The fourth-order valence-electron chi connectivity index (χ4n) is 2.43. The van der Waals surface area contributed by atoms with Gasteiger partial charge in [0, 0.05) is 16.3 Å². The number of carbonyl (C=O) groups excluding carboxylic acids is 2. The summed E-state index contributed by atoms with van der Waals surface area (Å²) in [6.07, 6.45) is -3.55. The van der Waals surface area contributed by atoms with E-state index in [1.165, 1.54) is 0 Å². The average molecular weight is 470 g/mol. The summed E-state index contributed by atoms with van der Waals surface area (Å²) in [5, 5.41) is 5.64. The number of carbonyl (C=O) groups is 2. The van der Waals surface area contributed by atoms with Crippen molar-refractivity contribution in [1.29, 1.82) is 0 Å². The molecule has 0 unspecified atom stereocenters. The summed E-state index contributed by atoms with van der Waals surface area (Å²) in [4.78, 5) is 23.7. The number of hydrogen-bond acceptors (Lipinski definition) is 4. The number of anilines is 1. The number of nitrogens with one attached hydrogen (secondary N) is 2. The van der Waals surface area contributed by atoms with E-state index in [0.717, 1.165) is 23.9 Å². The van der Waals surface area contributed by atoms with Gasteiger partial charge < -0.3 is 9.73 Å². The lowest BCUT2D eigenvalue weighted by molar-refractivity contribution is -0.137. The van der Waals surface area contributed by atoms with Crippen LogP contribution in [0.5, 0.6) is 0 Å². The Bertz CT molecular complexity index is 1160. The zero-order valence-electron chi connectivity index (χ0n) is 15.3. The van der Waals surface area contributed by atoms with Crippen LogP contribution in [0.15, 0.2) is 64.1 Å². The molecule has 2 aromatic carbocycles. The van der Waals surface area contributed by atoms with Crippen molar-refractivity contribution in [1.82, 2.24) is 5.43 Å². The first-order valence-electron chi connectivity index (χ1n) is 8.50. The standard InChI is InChI=1S/C20H12Cl2F3N3O3/c21-12-3-1-2-11(8-12)17-7-5-14(31-17)10-26-28-19(30)18(29)27-13-4-6-16(22)15(9-13)20(23,24)25/h1-10H,(H,27,29)(H,28,30)/b26-10+. The Morgan fingerprint density at radius 3 is 2.48 bits per heavy atom. The smallest absolute Gasteiger partial charge is 0.417 e. The van der Waals surface area contributed by atoms with Gasteiger partial charge in [0.25, 0.3) is 0 Å². The van der Waals surface area contributed by atoms with Crippen LogP contribution in [0.3, 0.4) is 0 Å². The number of furan rings is 1. The summed E-state index contributed by atoms with van der Waals surface area (Å²) in [5.74, 6) is -1.62. The summed E-state index contributed by atoms with van der Waals surface area (Å²) >= 11 is 11.4. The summed E-state index contributed by atoms with van der Waals surface area (Å²) in [7, 11) is 0. The Hall–Kier alpha value is -3.30. The van der Waals surface area contributed by atoms with Gasteiger partial charge in [-0.05, 0) is 42.5 Å². The number of nitrogens with zero attached hydrogens (tertiary/aromatic N) is 1. The Morgan fingerprint density at radius 1 is 1.00 bits per heavy atom. The Balaban J connectivity index is 1.60. The highest BCUT2D eigenvalue weighted by atomic mass is 35.5. The van der Waals surface area contributed by atoms with Crippen molar-refractivity contribution in [2.45, 2.75) is 6.18 Å². The van der Waals surface area contributed by atoms with E-state index in [-0.39, 0.29) is 11.4 Å². The molecule has 0 aliphatic rings. The molecule has 160 valence electrons. The molecule has 2 amide bonds. The summed E-state index contributed by atoms with van der Waals surface area (Å²) < 4.78 is 44.2. The molecule has 6 nitrogen and oxygen atoms in total. The van der Waals surface area contributed by atoms with Gasteiger partial charge in [-0.25, -0.2) is 5.43 Å². The van der Waals surface area contributed by atoms with Gasteiger partial charge in [0.1, 0.15) is 11.5 Å². The van der Waals surface area contributed by atoms with Crippen LogP contribution in [0.25, 0.3) is 11.3 Å². The zero-order chi connectivity index (χ0) is 22.6. The maximum absolute atomic E-state index is 12.9. The van der Waals surface area contributed by atoms with Crippen LogP contribution in [-0.2, 0) is 15.8 Å². The fraction of sp³-hybridized carbons (Fsp3) is 0.0500. The topological polar surface area (TPSA) is 83.7 Å². The number of halogens is 5. The Labute approximate surface area is 183 Å². The van der Waals surface area contributed by atoms with Gasteiger partial charge in [0.15, 0.2) is 0 Å². The van der Waals surface area contributed by atoms with Gasteiger partial charge in [0.2, 0.25) is 0 Å². The quantitative estimate of drug-likeness (QED) is 0.306. The molecule has 2 N–H and O–H groups in total. The van der Waals surface area contributed by atoms with Crippen LogP contribution >= 0.6 is 23.2 Å². The predicted octanol–water partition coefficient (Wildman–Crippen LogP) is 5.36. The molecular formula is C20H12Cl2F3N3O3. The third-order valence-electron chi connectivity index (χ3n) is 3.83. The Kier molecular flexibility index (Phi) is 6.67. The van der Waals surface area contributed by atoms with Crippen molar-refractivity contribution in [3.63, 3.8) is 0 Å². The van der Waals surface area contributed by atoms with E-state index < -0.39 is 28.6 Å². The molecule has 1 aromatic heterocycles. The number of rotatable bonds is 4. The van der Waals surface area contributed by atoms with Crippen molar-refractivity contribution >= 4 is 46.9 Å². The molecule has 3 aromatic rings. The normalized spacial score (nSPS) is 11.5. The van der Waals surface area contributed by atoms with Crippen molar-refractivity contribution < 1.29 is 27.2 Å². The third kappa shape index (κ3) is 5.87. The largest absolute Gasteiger partial charge is 0.455 e. The fourth-order valence-corrected chi connectivity index (χ4v) is 2.85. The first kappa shape index (κ1) is 22.4. The molecule has 0 spiro atoms. The van der Waals surface area contributed by atoms with Crippen LogP contribution in [0, 0.1) is 0 Å². The molecular weight excluding hydrogens is 458 g/mol. The van der Waals surface area contributed by atoms with Crippen LogP contribution in [0.4, 0.5) is 18.9 Å². The predicted molar refractivity (Wildman–Crippen MR) is 110 cm³/mol. The van der Waals surface area contributed by atoms with E-state index in [9.17, 15) is 22.8 Å². The van der Waals surface area contributed by atoms with Crippen LogP contribution in [-0.4, -0.2) is 18.0 Å². The van der Waals surface area contributed by atoms with Crippen molar-refractivity contribution in [3.05, 3.63) is 76.0 Å². The summed E-state index contributed by atoms with van der Waals surface area (Å²) in [5.41, 5.74) is 1.30. The van der Waals surface area contributed by atoms with E-state index >= 15 is 0 Å². The summed E-state index contributed by atoms with van der Waals surface area (Å²) in [6, 6.07) is 12.9. The molecule has 0 aliphatic heterocycles. The van der Waals surface area contributed by atoms with Gasteiger partial charge in [-0.1, -0.05) is 35.3 Å². The molecule has 3 rings (SSSR count). The van der Waals surface area contributed by atoms with E-state index in [2.05, 4.69) is 5.10 Å². The highest BCUT2D eigenvalue weighted by Crippen LogP contribution is 2.36. The minimum atomic E-state index is -4.71. The molecule has 0 saturated carbocycles. The van der Waals surface area contributed by atoms with Crippen LogP contribution < -0.4 is 10.7 Å². The van der Waals surface area contributed by atoms with E-state index in [0.29, 0.717) is 16.8 Å². The van der Waals surface area contributed by atoms with Gasteiger partial charge >= 0.3 is 18.0 Å². The molecule has 0 fully saturated rings. The SMILES string of the molecule is O=C(N/N=C/c1ccc(-c2cccc(Cl)c2)o1)C(=O)Nc1ccc(Cl)c(C(F)(F)F)c1. The van der Waals surface area contributed by atoms with Crippen molar-refractivity contribution in [3.8, 4) is 11.3 Å². The highest BCUT2D eigenvalue weighted by Gasteiger charge is 2.33. The maximum atomic E-state index is 12.9. The number of benzene rings is 2. The minimum absolute atomic E-state index is 0.252.